The first-order valence-corrected chi connectivity index (χ1v) is 14.3. The molecule has 1 N–H and O–H groups in total. The number of anilines is 2. The zero-order chi connectivity index (χ0) is 33.9. The van der Waals surface area contributed by atoms with E-state index in [-0.39, 0.29) is 53.2 Å². The minimum absolute atomic E-state index is 0.0192. The van der Waals surface area contributed by atoms with E-state index in [4.69, 9.17) is 0 Å². The highest BCUT2D eigenvalue weighted by molar-refractivity contribution is 5.80. The molecule has 3 rings (SSSR count). The molecule has 0 fully saturated rings. The molecule has 0 heterocycles. The van der Waals surface area contributed by atoms with Crippen molar-refractivity contribution in [3.63, 3.8) is 0 Å². The zero-order valence-corrected chi connectivity index (χ0v) is 25.0. The maximum Gasteiger partial charge on any atom is 0.416 e. The number of carbonyl (C=O) groups is 1. The Kier molecular flexibility index (Phi) is 10.9. The summed E-state index contributed by atoms with van der Waals surface area (Å²) in [6, 6.07) is 9.62. The predicted octanol–water partition coefficient (Wildman–Crippen LogP) is 11.2. The molecule has 0 aliphatic heterocycles. The molecule has 0 radical (unpaired) electrons. The van der Waals surface area contributed by atoms with Gasteiger partial charge in [-0.25, -0.2) is 0 Å². The third-order valence-corrected chi connectivity index (χ3v) is 7.25. The van der Waals surface area contributed by atoms with Gasteiger partial charge in [-0.05, 0) is 90.3 Å². The molecule has 45 heavy (non-hydrogen) atoms. The molecule has 12 heteroatoms. The topological polar surface area (TPSA) is 40.5 Å². The Morgan fingerprint density at radius 3 is 1.62 bits per heavy atom. The maximum absolute atomic E-state index is 13.8. The van der Waals surface area contributed by atoms with Crippen LogP contribution in [0, 0.1) is 11.8 Å². The summed E-state index contributed by atoms with van der Waals surface area (Å²) in [6.45, 7) is 7.37. The summed E-state index contributed by atoms with van der Waals surface area (Å²) < 4.78 is 123. The Hall–Kier alpha value is -3.70. The Morgan fingerprint density at radius 2 is 1.18 bits per heavy atom. The van der Waals surface area contributed by atoms with Crippen LogP contribution in [0.4, 0.5) is 50.9 Å². The summed E-state index contributed by atoms with van der Waals surface area (Å²) in [7, 11) is 0. The molecule has 0 bridgehead atoms. The number of nitrogens with zero attached hydrogens (tertiary/aromatic N) is 1. The van der Waals surface area contributed by atoms with Crippen LogP contribution in [0.25, 0.3) is 11.1 Å². The Balaban J connectivity index is 2.34. The van der Waals surface area contributed by atoms with Gasteiger partial charge >= 0.3 is 24.5 Å². The number of hydrogen-bond acceptors (Lipinski definition) is 2. The Morgan fingerprint density at radius 1 is 0.667 bits per heavy atom. The number of aliphatic carboxylic acids is 1. The van der Waals surface area contributed by atoms with Gasteiger partial charge in [0, 0.05) is 17.9 Å². The first-order valence-electron chi connectivity index (χ1n) is 14.3. The third-order valence-electron chi connectivity index (χ3n) is 7.25. The maximum atomic E-state index is 13.8. The second kappa shape index (κ2) is 13.7. The van der Waals surface area contributed by atoms with Crippen molar-refractivity contribution in [2.24, 2.45) is 11.8 Å². The first-order chi connectivity index (χ1) is 20.7. The van der Waals surface area contributed by atoms with E-state index in [9.17, 15) is 49.4 Å². The van der Waals surface area contributed by atoms with E-state index in [1.54, 1.807) is 13.8 Å². The highest BCUT2D eigenvalue weighted by Crippen LogP contribution is 2.42. The summed E-state index contributed by atoms with van der Waals surface area (Å²) in [5.41, 5.74) is -3.54. The van der Waals surface area contributed by atoms with Crippen molar-refractivity contribution in [1.29, 1.82) is 0 Å². The number of hydrogen-bond donors (Lipinski definition) is 1. The number of carboxylic acid groups (broad SMARTS) is 1. The SMILES string of the molecule is CC(C)CCCN(c1cc(-c2ccc(C(F)(F)F)cc2)cc(C(CC(C)C)C(=O)O)c1)c1cc(C(F)(F)F)cc(C(F)(F)F)c1. The van der Waals surface area contributed by atoms with Crippen molar-refractivity contribution in [3.05, 3.63) is 82.9 Å². The number of rotatable bonds is 11. The van der Waals surface area contributed by atoms with Crippen LogP contribution in [0.5, 0.6) is 0 Å². The molecule has 0 amide bonds. The van der Waals surface area contributed by atoms with Crippen LogP contribution in [-0.2, 0) is 23.3 Å². The van der Waals surface area contributed by atoms with Gasteiger partial charge in [0.05, 0.1) is 22.6 Å². The van der Waals surface area contributed by atoms with Gasteiger partial charge < -0.3 is 10.0 Å². The summed E-state index contributed by atoms with van der Waals surface area (Å²) in [5, 5.41) is 10.1. The highest BCUT2D eigenvalue weighted by Gasteiger charge is 2.38. The van der Waals surface area contributed by atoms with Crippen molar-refractivity contribution in [2.75, 3.05) is 11.4 Å². The number of halogens is 9. The van der Waals surface area contributed by atoms with Crippen molar-refractivity contribution in [1.82, 2.24) is 0 Å². The fourth-order valence-electron chi connectivity index (χ4n) is 5.02. The molecule has 1 atom stereocenters. The minimum Gasteiger partial charge on any atom is -0.481 e. The lowest BCUT2D eigenvalue weighted by atomic mass is 9.88. The van der Waals surface area contributed by atoms with Gasteiger partial charge in [0.2, 0.25) is 0 Å². The van der Waals surface area contributed by atoms with Crippen LogP contribution >= 0.6 is 0 Å². The van der Waals surface area contributed by atoms with Gasteiger partial charge in [-0.1, -0.05) is 45.9 Å². The van der Waals surface area contributed by atoms with Gasteiger partial charge in [-0.15, -0.1) is 0 Å². The minimum atomic E-state index is -5.10. The lowest BCUT2D eigenvalue weighted by molar-refractivity contribution is -0.143. The van der Waals surface area contributed by atoms with Crippen LogP contribution in [0.3, 0.4) is 0 Å². The molecule has 3 nitrogen and oxygen atoms in total. The normalized spacial score (nSPS) is 13.4. The molecule has 1 unspecified atom stereocenters. The van der Waals surface area contributed by atoms with E-state index in [2.05, 4.69) is 0 Å². The molecule has 3 aromatic carbocycles. The number of carboxylic acids is 1. The zero-order valence-electron chi connectivity index (χ0n) is 25.0. The first kappa shape index (κ1) is 35.8. The smallest absolute Gasteiger partial charge is 0.416 e. The van der Waals surface area contributed by atoms with E-state index in [0.29, 0.717) is 25.0 Å². The molecule has 0 saturated carbocycles. The summed E-state index contributed by atoms with van der Waals surface area (Å²) in [5.74, 6) is -2.26. The summed E-state index contributed by atoms with van der Waals surface area (Å²) in [4.78, 5) is 13.6. The van der Waals surface area contributed by atoms with Crippen LogP contribution in [0.2, 0.25) is 0 Å². The second-order valence-corrected chi connectivity index (χ2v) is 11.9. The van der Waals surface area contributed by atoms with Crippen LogP contribution in [-0.4, -0.2) is 17.6 Å². The van der Waals surface area contributed by atoms with E-state index in [1.165, 1.54) is 35.2 Å². The Bertz CT molecular complexity index is 1420. The quantitative estimate of drug-likeness (QED) is 0.211. The third kappa shape index (κ3) is 9.64. The van der Waals surface area contributed by atoms with Crippen molar-refractivity contribution in [2.45, 2.75) is 71.4 Å². The monoisotopic (exact) mass is 647 g/mol. The van der Waals surface area contributed by atoms with Gasteiger partial charge in [0.1, 0.15) is 0 Å². The van der Waals surface area contributed by atoms with Crippen LogP contribution < -0.4 is 4.90 Å². The average Bonchev–Trinajstić information content (AvgIpc) is 2.92. The van der Waals surface area contributed by atoms with E-state index >= 15 is 0 Å². The molecule has 0 saturated heterocycles. The lowest BCUT2D eigenvalue weighted by Crippen LogP contribution is -2.22. The van der Waals surface area contributed by atoms with E-state index < -0.39 is 52.8 Å². The molecule has 246 valence electrons. The summed E-state index contributed by atoms with van der Waals surface area (Å²) in [6.07, 6.45) is -13.7. The second-order valence-electron chi connectivity index (χ2n) is 11.9. The summed E-state index contributed by atoms with van der Waals surface area (Å²) >= 11 is 0. The molecule has 0 aliphatic carbocycles. The van der Waals surface area contributed by atoms with E-state index in [1.807, 2.05) is 13.8 Å². The largest absolute Gasteiger partial charge is 0.481 e. The van der Waals surface area contributed by atoms with Crippen molar-refractivity contribution < 1.29 is 49.4 Å². The van der Waals surface area contributed by atoms with E-state index in [0.717, 1.165) is 12.1 Å². The molecular formula is C33H34F9NO2. The van der Waals surface area contributed by atoms with Crippen LogP contribution in [0.1, 0.15) is 75.1 Å². The standard InChI is InChI=1S/C33H34F9NO2/c1-19(2)6-5-11-43(28-17-25(32(37,38)39)16-26(18-28)33(40,41)42)27-14-22(21-7-9-24(10-8-21)31(34,35)36)13-23(15-27)29(30(44)45)12-20(3)4/h7-10,13-20,29H,5-6,11-12H2,1-4H3,(H,44,45). The van der Waals surface area contributed by atoms with Crippen molar-refractivity contribution in [3.8, 4) is 11.1 Å². The fraction of sp³-hybridized carbons (Fsp3) is 0.424. The molecule has 0 aliphatic rings. The average molecular weight is 648 g/mol. The van der Waals surface area contributed by atoms with Gasteiger partial charge in [0.15, 0.2) is 0 Å². The highest BCUT2D eigenvalue weighted by atomic mass is 19.4. The van der Waals surface area contributed by atoms with Crippen molar-refractivity contribution >= 4 is 17.3 Å². The molecule has 0 spiro atoms. The fourth-order valence-corrected chi connectivity index (χ4v) is 5.02. The van der Waals surface area contributed by atoms with Gasteiger partial charge in [-0.2, -0.15) is 39.5 Å². The number of alkyl halides is 9. The number of benzene rings is 3. The van der Waals surface area contributed by atoms with Crippen LogP contribution in [0.15, 0.2) is 60.7 Å². The van der Waals surface area contributed by atoms with Gasteiger partial charge in [-0.3, -0.25) is 4.79 Å². The lowest BCUT2D eigenvalue weighted by Gasteiger charge is -2.29. The molecule has 3 aromatic rings. The molecular weight excluding hydrogens is 613 g/mol. The Labute approximate surface area is 255 Å². The predicted molar refractivity (Wildman–Crippen MR) is 154 cm³/mol. The van der Waals surface area contributed by atoms with Gasteiger partial charge in [0.25, 0.3) is 0 Å². The molecule has 0 aromatic heterocycles.